The van der Waals surface area contributed by atoms with Gasteiger partial charge in [-0.1, -0.05) is 0 Å². The molecule has 2 aromatic rings. The second kappa shape index (κ2) is 5.00. The van der Waals surface area contributed by atoms with Gasteiger partial charge < -0.3 is 5.32 Å². The highest BCUT2D eigenvalue weighted by atomic mass is 19.4. The third-order valence-electron chi connectivity index (χ3n) is 2.32. The summed E-state index contributed by atoms with van der Waals surface area (Å²) in [5.41, 5.74) is -1.06. The van der Waals surface area contributed by atoms with Crippen molar-refractivity contribution in [1.29, 1.82) is 5.26 Å². The largest absolute Gasteiger partial charge is 0.417 e. The van der Waals surface area contributed by atoms with Crippen molar-refractivity contribution in [1.82, 2.24) is 15.2 Å². The molecule has 0 aromatic carbocycles. The number of nitriles is 1. The maximum atomic E-state index is 12.3. The number of carbonyl (C=O) groups is 1. The topological polar surface area (TPSA) is 94.5 Å². The van der Waals surface area contributed by atoms with E-state index in [1.54, 1.807) is 6.07 Å². The maximum Gasteiger partial charge on any atom is 0.417 e. The van der Waals surface area contributed by atoms with E-state index < -0.39 is 17.6 Å². The summed E-state index contributed by atoms with van der Waals surface area (Å²) in [6, 6.07) is 3.48. The molecule has 0 aliphatic carbocycles. The first-order valence-electron chi connectivity index (χ1n) is 5.20. The smallest absolute Gasteiger partial charge is 0.304 e. The average Bonchev–Trinajstić information content (AvgIpc) is 2.85. The lowest BCUT2D eigenvalue weighted by Crippen LogP contribution is -2.15. The maximum absolute atomic E-state index is 12.3. The Kier molecular flexibility index (Phi) is 3.39. The van der Waals surface area contributed by atoms with E-state index in [0.717, 1.165) is 12.1 Å². The molecule has 9 heteroatoms. The minimum absolute atomic E-state index is 0.0548. The SMILES string of the molecule is N#Cc1cn[nH]c1NC(=O)c1ccc(C(F)(F)F)cn1. The molecule has 0 atom stereocenters. The summed E-state index contributed by atoms with van der Waals surface area (Å²) in [7, 11) is 0. The quantitative estimate of drug-likeness (QED) is 0.879. The predicted molar refractivity (Wildman–Crippen MR) is 60.5 cm³/mol. The van der Waals surface area contributed by atoms with Gasteiger partial charge in [-0.2, -0.15) is 23.5 Å². The number of pyridine rings is 1. The fourth-order valence-electron chi connectivity index (χ4n) is 1.34. The van der Waals surface area contributed by atoms with Gasteiger partial charge in [0.2, 0.25) is 0 Å². The number of nitrogens with zero attached hydrogens (tertiary/aromatic N) is 3. The number of halogens is 3. The third kappa shape index (κ3) is 2.74. The summed E-state index contributed by atoms with van der Waals surface area (Å²) in [6.07, 6.45) is -2.75. The lowest BCUT2D eigenvalue weighted by atomic mass is 10.2. The molecule has 0 aliphatic rings. The van der Waals surface area contributed by atoms with E-state index in [4.69, 9.17) is 5.26 Å². The van der Waals surface area contributed by atoms with E-state index in [1.165, 1.54) is 6.20 Å². The average molecular weight is 281 g/mol. The molecule has 2 aromatic heterocycles. The Morgan fingerprint density at radius 1 is 1.35 bits per heavy atom. The van der Waals surface area contributed by atoms with E-state index in [9.17, 15) is 18.0 Å². The van der Waals surface area contributed by atoms with Crippen LogP contribution in [0.2, 0.25) is 0 Å². The molecule has 2 heterocycles. The van der Waals surface area contributed by atoms with Crippen LogP contribution in [0.4, 0.5) is 19.0 Å². The zero-order valence-electron chi connectivity index (χ0n) is 9.69. The molecule has 0 aliphatic heterocycles. The Hall–Kier alpha value is -2.89. The Labute approximate surface area is 110 Å². The second-order valence-electron chi connectivity index (χ2n) is 3.65. The molecule has 102 valence electrons. The van der Waals surface area contributed by atoms with Gasteiger partial charge in [-0.25, -0.2) is 0 Å². The predicted octanol–water partition coefficient (Wildman–Crippen LogP) is 1.95. The molecule has 0 bridgehead atoms. The highest BCUT2D eigenvalue weighted by molar-refractivity contribution is 6.02. The van der Waals surface area contributed by atoms with Crippen LogP contribution in [0.3, 0.4) is 0 Å². The van der Waals surface area contributed by atoms with Crippen LogP contribution >= 0.6 is 0 Å². The monoisotopic (exact) mass is 281 g/mol. The van der Waals surface area contributed by atoms with Gasteiger partial charge in [-0.15, -0.1) is 0 Å². The second-order valence-corrected chi connectivity index (χ2v) is 3.65. The molecule has 20 heavy (non-hydrogen) atoms. The van der Waals surface area contributed by atoms with Crippen molar-refractivity contribution >= 4 is 11.7 Å². The fourth-order valence-corrected chi connectivity index (χ4v) is 1.34. The molecule has 0 spiro atoms. The van der Waals surface area contributed by atoms with Crippen LogP contribution in [0.15, 0.2) is 24.5 Å². The van der Waals surface area contributed by atoms with Crippen molar-refractivity contribution in [3.63, 3.8) is 0 Å². The number of nitrogens with one attached hydrogen (secondary N) is 2. The molecule has 6 nitrogen and oxygen atoms in total. The zero-order chi connectivity index (χ0) is 14.8. The minimum atomic E-state index is -4.51. The van der Waals surface area contributed by atoms with Crippen molar-refractivity contribution in [3.8, 4) is 6.07 Å². The van der Waals surface area contributed by atoms with Crippen molar-refractivity contribution in [2.75, 3.05) is 5.32 Å². The van der Waals surface area contributed by atoms with Crippen LogP contribution in [0.5, 0.6) is 0 Å². The van der Waals surface area contributed by atoms with Gasteiger partial charge in [-0.05, 0) is 12.1 Å². The van der Waals surface area contributed by atoms with Gasteiger partial charge in [0, 0.05) is 6.20 Å². The number of hydrogen-bond donors (Lipinski definition) is 2. The summed E-state index contributed by atoms with van der Waals surface area (Å²) in [4.78, 5) is 15.2. The standard InChI is InChI=1S/C11H6F3N5O/c12-11(13,14)7-1-2-8(16-5-7)10(20)18-9-6(3-15)4-17-19-9/h1-2,4-5H,(H2,17,18,19,20). The van der Waals surface area contributed by atoms with Crippen LogP contribution in [-0.4, -0.2) is 21.1 Å². The van der Waals surface area contributed by atoms with E-state index in [0.29, 0.717) is 6.20 Å². The molecule has 0 radical (unpaired) electrons. The van der Waals surface area contributed by atoms with Gasteiger partial charge in [0.25, 0.3) is 5.91 Å². The number of alkyl halides is 3. The fraction of sp³-hybridized carbons (Fsp3) is 0.0909. The number of H-pyrrole nitrogens is 1. The first kappa shape index (κ1) is 13.5. The third-order valence-corrected chi connectivity index (χ3v) is 2.32. The molecule has 2 rings (SSSR count). The number of aromatic nitrogens is 3. The van der Waals surface area contributed by atoms with Crippen LogP contribution in [0.1, 0.15) is 21.6 Å². The number of amides is 1. The van der Waals surface area contributed by atoms with Gasteiger partial charge in [0.05, 0.1) is 11.8 Å². The normalized spacial score (nSPS) is 10.9. The van der Waals surface area contributed by atoms with Crippen LogP contribution in [0.25, 0.3) is 0 Å². The van der Waals surface area contributed by atoms with E-state index in [-0.39, 0.29) is 17.1 Å². The number of anilines is 1. The van der Waals surface area contributed by atoms with Crippen molar-refractivity contribution in [3.05, 3.63) is 41.3 Å². The van der Waals surface area contributed by atoms with Gasteiger partial charge in [0.1, 0.15) is 23.1 Å². The number of aromatic amines is 1. The van der Waals surface area contributed by atoms with Gasteiger partial charge >= 0.3 is 6.18 Å². The number of hydrogen-bond acceptors (Lipinski definition) is 4. The van der Waals surface area contributed by atoms with Crippen molar-refractivity contribution in [2.45, 2.75) is 6.18 Å². The highest BCUT2D eigenvalue weighted by Crippen LogP contribution is 2.28. The van der Waals surface area contributed by atoms with Crippen molar-refractivity contribution < 1.29 is 18.0 Å². The van der Waals surface area contributed by atoms with E-state index in [1.807, 2.05) is 0 Å². The van der Waals surface area contributed by atoms with Crippen LogP contribution in [-0.2, 0) is 6.18 Å². The number of carbonyl (C=O) groups excluding carboxylic acids is 1. The Bertz CT molecular complexity index is 669. The van der Waals surface area contributed by atoms with Crippen molar-refractivity contribution in [2.24, 2.45) is 0 Å². The summed E-state index contributed by atoms with van der Waals surface area (Å²) in [6.45, 7) is 0. The van der Waals surface area contributed by atoms with E-state index >= 15 is 0 Å². The molecule has 2 N–H and O–H groups in total. The highest BCUT2D eigenvalue weighted by Gasteiger charge is 2.30. The van der Waals surface area contributed by atoms with Gasteiger partial charge in [-0.3, -0.25) is 14.9 Å². The summed E-state index contributed by atoms with van der Waals surface area (Å²) >= 11 is 0. The van der Waals surface area contributed by atoms with Gasteiger partial charge in [0.15, 0.2) is 0 Å². The molecule has 0 unspecified atom stereocenters. The van der Waals surface area contributed by atoms with Crippen LogP contribution in [0, 0.1) is 11.3 Å². The molecular weight excluding hydrogens is 275 g/mol. The Balaban J connectivity index is 2.17. The summed E-state index contributed by atoms with van der Waals surface area (Å²) in [5.74, 6) is -0.696. The molecule has 1 amide bonds. The molecule has 0 saturated carbocycles. The Morgan fingerprint density at radius 3 is 2.65 bits per heavy atom. The van der Waals surface area contributed by atoms with Crippen LogP contribution < -0.4 is 5.32 Å². The molecular formula is C11H6F3N5O. The minimum Gasteiger partial charge on any atom is -0.304 e. The first-order valence-corrected chi connectivity index (χ1v) is 5.20. The Morgan fingerprint density at radius 2 is 2.10 bits per heavy atom. The lowest BCUT2D eigenvalue weighted by Gasteiger charge is -2.06. The summed E-state index contributed by atoms with van der Waals surface area (Å²) in [5, 5.41) is 16.9. The number of rotatable bonds is 2. The summed E-state index contributed by atoms with van der Waals surface area (Å²) < 4.78 is 37.0. The molecule has 0 saturated heterocycles. The lowest BCUT2D eigenvalue weighted by molar-refractivity contribution is -0.137. The first-order chi connectivity index (χ1) is 9.41. The molecule has 0 fully saturated rings. The van der Waals surface area contributed by atoms with E-state index in [2.05, 4.69) is 20.5 Å². The zero-order valence-corrected chi connectivity index (χ0v) is 9.69.